The molecule has 2 unspecified atom stereocenters. The van der Waals surface area contributed by atoms with Crippen LogP contribution in [0.1, 0.15) is 37.2 Å². The number of nitrogens with zero attached hydrogens (tertiary/aromatic N) is 2. The van der Waals surface area contributed by atoms with Crippen molar-refractivity contribution in [3.8, 4) is 0 Å². The van der Waals surface area contributed by atoms with Crippen LogP contribution in [0.5, 0.6) is 0 Å². The SMILES string of the molecule is CC(N)c1csc(N(C)C(C)c2ccccc2F)n1. The van der Waals surface area contributed by atoms with E-state index in [-0.39, 0.29) is 17.9 Å². The van der Waals surface area contributed by atoms with Crippen molar-refractivity contribution >= 4 is 16.5 Å². The molecule has 2 aromatic rings. The highest BCUT2D eigenvalue weighted by atomic mass is 32.1. The van der Waals surface area contributed by atoms with E-state index in [1.54, 1.807) is 12.1 Å². The summed E-state index contributed by atoms with van der Waals surface area (Å²) < 4.78 is 13.8. The summed E-state index contributed by atoms with van der Waals surface area (Å²) in [4.78, 5) is 6.45. The predicted molar refractivity (Wildman–Crippen MR) is 77.9 cm³/mol. The number of nitrogens with two attached hydrogens (primary N) is 1. The molecule has 5 heteroatoms. The number of hydrogen-bond acceptors (Lipinski definition) is 4. The van der Waals surface area contributed by atoms with Crippen LogP contribution in [0, 0.1) is 5.82 Å². The van der Waals surface area contributed by atoms with Crippen molar-refractivity contribution in [3.63, 3.8) is 0 Å². The summed E-state index contributed by atoms with van der Waals surface area (Å²) in [6.07, 6.45) is 0. The minimum Gasteiger partial charge on any atom is -0.344 e. The lowest BCUT2D eigenvalue weighted by Gasteiger charge is -2.25. The van der Waals surface area contributed by atoms with Crippen molar-refractivity contribution in [3.05, 3.63) is 46.7 Å². The Hall–Kier alpha value is -1.46. The molecule has 0 bridgehead atoms. The van der Waals surface area contributed by atoms with Gasteiger partial charge in [0.25, 0.3) is 0 Å². The molecule has 19 heavy (non-hydrogen) atoms. The Bertz CT molecular complexity index is 553. The van der Waals surface area contributed by atoms with Gasteiger partial charge in [0, 0.05) is 24.0 Å². The first kappa shape index (κ1) is 14.0. The topological polar surface area (TPSA) is 42.1 Å². The number of hydrogen-bond donors (Lipinski definition) is 1. The van der Waals surface area contributed by atoms with E-state index in [9.17, 15) is 4.39 Å². The van der Waals surface area contributed by atoms with E-state index in [2.05, 4.69) is 4.98 Å². The van der Waals surface area contributed by atoms with Gasteiger partial charge >= 0.3 is 0 Å². The van der Waals surface area contributed by atoms with Gasteiger partial charge in [-0.15, -0.1) is 11.3 Å². The van der Waals surface area contributed by atoms with Crippen molar-refractivity contribution in [2.45, 2.75) is 25.9 Å². The van der Waals surface area contributed by atoms with Crippen molar-refractivity contribution in [2.75, 3.05) is 11.9 Å². The molecule has 0 saturated heterocycles. The Balaban J connectivity index is 2.23. The van der Waals surface area contributed by atoms with Crippen LogP contribution in [-0.4, -0.2) is 12.0 Å². The van der Waals surface area contributed by atoms with Gasteiger partial charge in [0.15, 0.2) is 5.13 Å². The first-order valence-corrected chi connectivity index (χ1v) is 7.07. The molecule has 0 aliphatic heterocycles. The number of aromatic nitrogens is 1. The van der Waals surface area contributed by atoms with Gasteiger partial charge in [0.05, 0.1) is 11.7 Å². The summed E-state index contributed by atoms with van der Waals surface area (Å²) in [6, 6.07) is 6.67. The third-order valence-corrected chi connectivity index (χ3v) is 4.16. The van der Waals surface area contributed by atoms with Gasteiger partial charge in [0.2, 0.25) is 0 Å². The highest BCUT2D eigenvalue weighted by Gasteiger charge is 2.18. The molecular weight excluding hydrogens is 261 g/mol. The molecule has 0 aliphatic rings. The van der Waals surface area contributed by atoms with Gasteiger partial charge in [-0.1, -0.05) is 18.2 Å². The number of thiazole rings is 1. The van der Waals surface area contributed by atoms with E-state index in [4.69, 9.17) is 5.73 Å². The Labute approximate surface area is 116 Å². The third kappa shape index (κ3) is 2.93. The summed E-state index contributed by atoms with van der Waals surface area (Å²) >= 11 is 1.53. The quantitative estimate of drug-likeness (QED) is 0.931. The van der Waals surface area contributed by atoms with Gasteiger partial charge in [-0.25, -0.2) is 9.37 Å². The van der Waals surface area contributed by atoms with E-state index in [1.807, 2.05) is 37.2 Å². The second-order valence-corrected chi connectivity index (χ2v) is 5.49. The lowest BCUT2D eigenvalue weighted by atomic mass is 10.1. The normalized spacial score (nSPS) is 14.2. The molecule has 1 aromatic carbocycles. The maximum absolute atomic E-state index is 13.8. The van der Waals surface area contributed by atoms with Crippen LogP contribution in [0.4, 0.5) is 9.52 Å². The van der Waals surface area contributed by atoms with Crippen molar-refractivity contribution in [2.24, 2.45) is 5.73 Å². The first-order valence-electron chi connectivity index (χ1n) is 6.19. The van der Waals surface area contributed by atoms with Crippen molar-refractivity contribution in [1.29, 1.82) is 0 Å². The molecule has 1 heterocycles. The summed E-state index contributed by atoms with van der Waals surface area (Å²) in [5, 5.41) is 2.80. The zero-order valence-corrected chi connectivity index (χ0v) is 12.1. The van der Waals surface area contributed by atoms with Crippen LogP contribution in [0.2, 0.25) is 0 Å². The number of anilines is 1. The summed E-state index contributed by atoms with van der Waals surface area (Å²) in [5.74, 6) is -0.189. The van der Waals surface area contributed by atoms with Crippen molar-refractivity contribution < 1.29 is 4.39 Å². The molecule has 0 amide bonds. The van der Waals surface area contributed by atoms with Crippen LogP contribution in [0.25, 0.3) is 0 Å². The van der Waals surface area contributed by atoms with E-state index >= 15 is 0 Å². The lowest BCUT2D eigenvalue weighted by molar-refractivity contribution is 0.585. The monoisotopic (exact) mass is 279 g/mol. The smallest absolute Gasteiger partial charge is 0.185 e. The fraction of sp³-hybridized carbons (Fsp3) is 0.357. The first-order chi connectivity index (χ1) is 9.00. The van der Waals surface area contributed by atoms with E-state index in [0.717, 1.165) is 10.8 Å². The molecule has 102 valence electrons. The van der Waals surface area contributed by atoms with Crippen molar-refractivity contribution in [1.82, 2.24) is 4.98 Å². The third-order valence-electron chi connectivity index (χ3n) is 3.21. The molecule has 0 aliphatic carbocycles. The van der Waals surface area contributed by atoms with E-state index in [1.165, 1.54) is 17.4 Å². The van der Waals surface area contributed by atoms with Crippen LogP contribution >= 0.6 is 11.3 Å². The number of halogens is 1. The minimum atomic E-state index is -0.189. The lowest BCUT2D eigenvalue weighted by Crippen LogP contribution is -2.22. The Morgan fingerprint density at radius 2 is 2.00 bits per heavy atom. The zero-order chi connectivity index (χ0) is 14.0. The van der Waals surface area contributed by atoms with Gasteiger partial charge in [-0.05, 0) is 19.9 Å². The van der Waals surface area contributed by atoms with E-state index < -0.39 is 0 Å². The van der Waals surface area contributed by atoms with Crippen LogP contribution < -0.4 is 10.6 Å². The molecule has 0 spiro atoms. The highest BCUT2D eigenvalue weighted by Crippen LogP contribution is 2.30. The van der Waals surface area contributed by atoms with Crippen LogP contribution in [0.3, 0.4) is 0 Å². The summed E-state index contributed by atoms with van der Waals surface area (Å²) in [7, 11) is 1.92. The zero-order valence-electron chi connectivity index (χ0n) is 11.3. The summed E-state index contributed by atoms with van der Waals surface area (Å²) in [6.45, 7) is 3.87. The number of rotatable bonds is 4. The second-order valence-electron chi connectivity index (χ2n) is 4.65. The molecule has 2 rings (SSSR count). The Kier molecular flexibility index (Phi) is 4.17. The van der Waals surface area contributed by atoms with Gasteiger partial charge in [0.1, 0.15) is 5.82 Å². The van der Waals surface area contributed by atoms with Crippen LogP contribution in [-0.2, 0) is 0 Å². The minimum absolute atomic E-state index is 0.0757. The maximum atomic E-state index is 13.8. The van der Waals surface area contributed by atoms with Gasteiger partial charge < -0.3 is 10.6 Å². The predicted octanol–water partition coefficient (Wildman–Crippen LogP) is 3.50. The fourth-order valence-corrected chi connectivity index (χ4v) is 2.81. The number of benzene rings is 1. The molecular formula is C14H18FN3S. The molecule has 0 radical (unpaired) electrons. The Morgan fingerprint density at radius 3 is 2.58 bits per heavy atom. The molecule has 1 aromatic heterocycles. The molecule has 0 fully saturated rings. The standard InChI is InChI=1S/C14H18FN3S/c1-9(16)13-8-19-14(17-13)18(3)10(2)11-6-4-5-7-12(11)15/h4-10H,16H2,1-3H3. The maximum Gasteiger partial charge on any atom is 0.185 e. The Morgan fingerprint density at radius 1 is 1.32 bits per heavy atom. The molecule has 2 N–H and O–H groups in total. The largest absolute Gasteiger partial charge is 0.344 e. The fourth-order valence-electron chi connectivity index (χ4n) is 1.84. The van der Waals surface area contributed by atoms with Crippen LogP contribution in [0.15, 0.2) is 29.6 Å². The van der Waals surface area contributed by atoms with Gasteiger partial charge in [-0.3, -0.25) is 0 Å². The average molecular weight is 279 g/mol. The molecule has 0 saturated carbocycles. The molecule has 3 nitrogen and oxygen atoms in total. The molecule has 2 atom stereocenters. The van der Waals surface area contributed by atoms with E-state index in [0.29, 0.717) is 5.56 Å². The average Bonchev–Trinajstić information content (AvgIpc) is 2.87. The second kappa shape index (κ2) is 5.67. The summed E-state index contributed by atoms with van der Waals surface area (Å²) in [5.41, 5.74) is 7.34. The highest BCUT2D eigenvalue weighted by molar-refractivity contribution is 7.13. The van der Waals surface area contributed by atoms with Gasteiger partial charge in [-0.2, -0.15) is 0 Å².